The summed E-state index contributed by atoms with van der Waals surface area (Å²) in [4.78, 5) is 23.3. The van der Waals surface area contributed by atoms with E-state index < -0.39 is 0 Å². The number of nitrogens with one attached hydrogen (secondary N) is 2. The lowest BCUT2D eigenvalue weighted by Gasteiger charge is -2.10. The Morgan fingerprint density at radius 2 is 1.74 bits per heavy atom. The lowest BCUT2D eigenvalue weighted by atomic mass is 10.1. The zero-order chi connectivity index (χ0) is 16.8. The van der Waals surface area contributed by atoms with E-state index in [2.05, 4.69) is 10.6 Å². The van der Waals surface area contributed by atoms with Crippen molar-refractivity contribution in [1.82, 2.24) is 0 Å². The van der Waals surface area contributed by atoms with E-state index in [9.17, 15) is 14.0 Å². The molecule has 0 aliphatic rings. The van der Waals surface area contributed by atoms with Gasteiger partial charge in [-0.1, -0.05) is 23.7 Å². The molecule has 0 aliphatic heterocycles. The molecule has 2 aromatic rings. The number of nitrogens with two attached hydrogens (primary N) is 1. The molecule has 4 N–H and O–H groups in total. The van der Waals surface area contributed by atoms with E-state index in [1.165, 1.54) is 24.3 Å². The molecule has 5 nitrogen and oxygen atoms in total. The fourth-order valence-corrected chi connectivity index (χ4v) is 2.06. The van der Waals surface area contributed by atoms with E-state index in [4.69, 9.17) is 17.3 Å². The van der Waals surface area contributed by atoms with Gasteiger partial charge in [0.25, 0.3) is 0 Å². The van der Waals surface area contributed by atoms with Gasteiger partial charge >= 0.3 is 0 Å². The normalized spacial score (nSPS) is 10.2. The van der Waals surface area contributed by atoms with Crippen LogP contribution in [0.15, 0.2) is 42.5 Å². The van der Waals surface area contributed by atoms with Gasteiger partial charge in [-0.05, 0) is 35.9 Å². The van der Waals surface area contributed by atoms with Crippen LogP contribution in [0.25, 0.3) is 0 Å². The summed E-state index contributed by atoms with van der Waals surface area (Å²) < 4.78 is 12.8. The van der Waals surface area contributed by atoms with E-state index in [-0.39, 0.29) is 30.6 Å². The minimum atomic E-state index is -0.361. The molecule has 0 heterocycles. The molecular weight excluding hydrogens is 321 g/mol. The molecule has 7 heteroatoms. The summed E-state index contributed by atoms with van der Waals surface area (Å²) >= 11 is 6.03. The van der Waals surface area contributed by atoms with Crippen molar-refractivity contribution in [3.8, 4) is 0 Å². The quantitative estimate of drug-likeness (QED) is 0.785. The summed E-state index contributed by atoms with van der Waals surface area (Å²) in [5.41, 5.74) is 6.75. The second-order valence-corrected chi connectivity index (χ2v) is 5.21. The molecule has 23 heavy (non-hydrogen) atoms. The number of halogens is 2. The van der Waals surface area contributed by atoms with Gasteiger partial charge in [-0.25, -0.2) is 4.39 Å². The molecule has 0 fully saturated rings. The zero-order valence-electron chi connectivity index (χ0n) is 12.1. The van der Waals surface area contributed by atoms with Crippen molar-refractivity contribution in [3.63, 3.8) is 0 Å². The van der Waals surface area contributed by atoms with Gasteiger partial charge in [0.05, 0.1) is 23.7 Å². The van der Waals surface area contributed by atoms with Crippen LogP contribution in [-0.2, 0) is 16.0 Å². The summed E-state index contributed by atoms with van der Waals surface area (Å²) in [6, 6.07) is 10.4. The summed E-state index contributed by atoms with van der Waals surface area (Å²) in [6.45, 7) is -0.144. The van der Waals surface area contributed by atoms with Crippen LogP contribution in [0.2, 0.25) is 5.02 Å². The third-order valence-electron chi connectivity index (χ3n) is 2.99. The minimum absolute atomic E-state index is 0.0794. The number of hydrogen-bond acceptors (Lipinski definition) is 3. The van der Waals surface area contributed by atoms with E-state index in [0.717, 1.165) is 0 Å². The number of rotatable bonds is 5. The Bertz CT molecular complexity index is 720. The number of anilines is 2. The van der Waals surface area contributed by atoms with E-state index in [1.54, 1.807) is 18.2 Å². The van der Waals surface area contributed by atoms with E-state index >= 15 is 0 Å². The molecule has 0 atom stereocenters. The van der Waals surface area contributed by atoms with E-state index in [0.29, 0.717) is 22.0 Å². The van der Waals surface area contributed by atoms with Crippen molar-refractivity contribution in [1.29, 1.82) is 0 Å². The Labute approximate surface area is 137 Å². The summed E-state index contributed by atoms with van der Waals surface area (Å²) in [6.07, 6.45) is 0.0794. The van der Waals surface area contributed by atoms with Crippen molar-refractivity contribution >= 4 is 34.8 Å². The fourth-order valence-electron chi connectivity index (χ4n) is 1.89. The van der Waals surface area contributed by atoms with Crippen LogP contribution in [0.3, 0.4) is 0 Å². The maximum atomic E-state index is 12.8. The first kappa shape index (κ1) is 16.9. The van der Waals surface area contributed by atoms with Gasteiger partial charge in [0, 0.05) is 5.69 Å². The Morgan fingerprint density at radius 3 is 2.39 bits per heavy atom. The van der Waals surface area contributed by atoms with Crippen molar-refractivity contribution in [2.75, 3.05) is 17.2 Å². The lowest BCUT2D eigenvalue weighted by molar-refractivity contribution is -0.116. The second kappa shape index (κ2) is 7.71. The number of amides is 2. The molecule has 2 amide bonds. The molecule has 0 spiro atoms. The SMILES string of the molecule is NCC(=O)Nc1ccc(Cl)c(NC(=O)Cc2ccc(F)cc2)c1. The van der Waals surface area contributed by atoms with Crippen LogP contribution in [0.4, 0.5) is 15.8 Å². The van der Waals surface area contributed by atoms with Crippen molar-refractivity contribution in [2.24, 2.45) is 5.73 Å². The number of benzene rings is 2. The highest BCUT2D eigenvalue weighted by Crippen LogP contribution is 2.25. The second-order valence-electron chi connectivity index (χ2n) is 4.80. The summed E-state index contributed by atoms with van der Waals surface area (Å²) in [5.74, 6) is -1.02. The van der Waals surface area contributed by atoms with Gasteiger partial charge in [0.2, 0.25) is 11.8 Å². The van der Waals surface area contributed by atoms with Gasteiger partial charge in [0.15, 0.2) is 0 Å². The Hall–Kier alpha value is -2.44. The predicted molar refractivity (Wildman–Crippen MR) is 87.9 cm³/mol. The average molecular weight is 336 g/mol. The highest BCUT2D eigenvalue weighted by Gasteiger charge is 2.09. The average Bonchev–Trinajstić information content (AvgIpc) is 2.52. The van der Waals surface area contributed by atoms with Crippen molar-refractivity contribution in [3.05, 3.63) is 58.9 Å². The molecule has 2 aromatic carbocycles. The first-order valence-corrected chi connectivity index (χ1v) is 7.19. The van der Waals surface area contributed by atoms with Crippen LogP contribution in [0.5, 0.6) is 0 Å². The summed E-state index contributed by atoms with van der Waals surface area (Å²) in [5, 5.41) is 5.57. The van der Waals surface area contributed by atoms with Crippen LogP contribution in [-0.4, -0.2) is 18.4 Å². The van der Waals surface area contributed by atoms with Gasteiger partial charge in [-0.3, -0.25) is 9.59 Å². The van der Waals surface area contributed by atoms with Gasteiger partial charge in [0.1, 0.15) is 5.82 Å². The third-order valence-corrected chi connectivity index (χ3v) is 3.32. The largest absolute Gasteiger partial charge is 0.325 e. The van der Waals surface area contributed by atoms with E-state index in [1.807, 2.05) is 0 Å². The van der Waals surface area contributed by atoms with Crippen molar-refractivity contribution in [2.45, 2.75) is 6.42 Å². The highest BCUT2D eigenvalue weighted by atomic mass is 35.5. The number of carbonyl (C=O) groups excluding carboxylic acids is 2. The molecule has 2 rings (SSSR count). The molecule has 0 aromatic heterocycles. The molecule has 0 saturated heterocycles. The fraction of sp³-hybridized carbons (Fsp3) is 0.125. The number of hydrogen-bond donors (Lipinski definition) is 3. The molecule has 0 bridgehead atoms. The minimum Gasteiger partial charge on any atom is -0.325 e. The molecule has 0 saturated carbocycles. The molecular formula is C16H15ClFN3O2. The molecule has 0 unspecified atom stereocenters. The van der Waals surface area contributed by atoms with Gasteiger partial charge < -0.3 is 16.4 Å². The standard InChI is InChI=1S/C16H15ClFN3O2/c17-13-6-5-12(20-16(23)9-19)8-14(13)21-15(22)7-10-1-3-11(18)4-2-10/h1-6,8H,7,9,19H2,(H,20,23)(H,21,22). The maximum Gasteiger partial charge on any atom is 0.238 e. The lowest BCUT2D eigenvalue weighted by Crippen LogP contribution is -2.22. The zero-order valence-corrected chi connectivity index (χ0v) is 12.9. The highest BCUT2D eigenvalue weighted by molar-refractivity contribution is 6.33. The maximum absolute atomic E-state index is 12.8. The van der Waals surface area contributed by atoms with Crippen LogP contribution < -0.4 is 16.4 Å². The third kappa shape index (κ3) is 5.05. The van der Waals surface area contributed by atoms with Crippen LogP contribution in [0.1, 0.15) is 5.56 Å². The molecule has 0 radical (unpaired) electrons. The monoisotopic (exact) mass is 335 g/mol. The first-order chi connectivity index (χ1) is 11.0. The van der Waals surface area contributed by atoms with Crippen LogP contribution in [0, 0.1) is 5.82 Å². The number of carbonyl (C=O) groups is 2. The summed E-state index contributed by atoms with van der Waals surface area (Å²) in [7, 11) is 0. The van der Waals surface area contributed by atoms with Crippen molar-refractivity contribution < 1.29 is 14.0 Å². The Morgan fingerprint density at radius 1 is 1.04 bits per heavy atom. The van der Waals surface area contributed by atoms with Crippen LogP contribution >= 0.6 is 11.6 Å². The topological polar surface area (TPSA) is 84.2 Å². The van der Waals surface area contributed by atoms with Gasteiger partial charge in [-0.15, -0.1) is 0 Å². The molecule has 0 aliphatic carbocycles. The smallest absolute Gasteiger partial charge is 0.238 e. The van der Waals surface area contributed by atoms with Gasteiger partial charge in [-0.2, -0.15) is 0 Å². The Kier molecular flexibility index (Phi) is 5.67. The Balaban J connectivity index is 2.06. The predicted octanol–water partition coefficient (Wildman–Crippen LogP) is 2.56. The first-order valence-electron chi connectivity index (χ1n) is 6.81. The molecule has 120 valence electrons.